The Morgan fingerprint density at radius 3 is 2.57 bits per heavy atom. The predicted octanol–water partition coefficient (Wildman–Crippen LogP) is -2.13. The summed E-state index contributed by atoms with van der Waals surface area (Å²) in [4.78, 5) is 26.9. The van der Waals surface area contributed by atoms with E-state index in [0.29, 0.717) is 24.6 Å². The summed E-state index contributed by atoms with van der Waals surface area (Å²) in [5, 5.41) is 3.79. The average molecular weight is 333 g/mol. The van der Waals surface area contributed by atoms with E-state index in [4.69, 9.17) is 4.74 Å². The largest absolute Gasteiger partial charge is 0.379 e. The van der Waals surface area contributed by atoms with Gasteiger partial charge in [-0.05, 0) is 0 Å². The number of aromatic nitrogens is 4. The third-order valence-corrected chi connectivity index (χ3v) is 6.17. The molecule has 0 radical (unpaired) electrons. The summed E-state index contributed by atoms with van der Waals surface area (Å²) in [5.74, 6) is 0. The monoisotopic (exact) mass is 333 g/mol. The molecule has 0 atom stereocenters. The highest BCUT2D eigenvalue weighted by atomic mass is 32.2. The molecular weight excluding hydrogens is 322 g/mol. The second-order valence-corrected chi connectivity index (χ2v) is 7.38. The lowest BCUT2D eigenvalue weighted by molar-refractivity contribution is 0.0730. The maximum Gasteiger partial charge on any atom is 0.355 e. The zero-order valence-corrected chi connectivity index (χ0v) is 12.6. The Balaban J connectivity index is 2.15. The molecule has 0 aliphatic carbocycles. The average Bonchev–Trinajstić information content (AvgIpc) is 2.90. The van der Waals surface area contributed by atoms with Gasteiger partial charge in [-0.2, -0.15) is 13.8 Å². The first kappa shape index (κ1) is 14.3. The van der Waals surface area contributed by atoms with Crippen LogP contribution in [0.2, 0.25) is 0 Å². The van der Waals surface area contributed by atoms with E-state index in [1.54, 1.807) is 0 Å². The van der Waals surface area contributed by atoms with Gasteiger partial charge in [-0.1, -0.05) is 11.3 Å². The molecule has 0 N–H and O–H groups in total. The number of sulfonamides is 1. The van der Waals surface area contributed by atoms with Gasteiger partial charge in [0.25, 0.3) is 10.0 Å². The molecule has 3 rings (SSSR count). The smallest absolute Gasteiger partial charge is 0.355 e. The van der Waals surface area contributed by atoms with Crippen LogP contribution in [0, 0.1) is 0 Å². The molecule has 0 aromatic carbocycles. The summed E-state index contributed by atoms with van der Waals surface area (Å²) in [5.41, 5.74) is -1.48. The molecule has 0 spiro atoms. The highest BCUT2D eigenvalue weighted by Crippen LogP contribution is 2.20. The van der Waals surface area contributed by atoms with E-state index in [-0.39, 0.29) is 22.4 Å². The Kier molecular flexibility index (Phi) is 3.39. The van der Waals surface area contributed by atoms with Crippen molar-refractivity contribution >= 4 is 26.3 Å². The van der Waals surface area contributed by atoms with E-state index >= 15 is 0 Å². The van der Waals surface area contributed by atoms with Crippen LogP contribution in [0.4, 0.5) is 0 Å². The number of morpholine rings is 1. The van der Waals surface area contributed by atoms with Crippen LogP contribution in [-0.4, -0.2) is 58.2 Å². The second-order valence-electron chi connectivity index (χ2n) is 4.31. The first-order valence-electron chi connectivity index (χ1n) is 5.96. The number of nitrogens with zero attached hydrogens (tertiary/aromatic N) is 5. The Bertz CT molecular complexity index is 905. The van der Waals surface area contributed by atoms with Crippen molar-refractivity contribution < 1.29 is 13.2 Å². The molecule has 12 heteroatoms. The van der Waals surface area contributed by atoms with Crippen LogP contribution < -0.4 is 11.4 Å². The molecule has 1 fully saturated rings. The van der Waals surface area contributed by atoms with Gasteiger partial charge in [0.2, 0.25) is 9.30 Å². The highest BCUT2D eigenvalue weighted by molar-refractivity contribution is 7.91. The van der Waals surface area contributed by atoms with E-state index in [9.17, 15) is 18.0 Å². The maximum atomic E-state index is 12.4. The molecule has 0 amide bonds. The lowest BCUT2D eigenvalue weighted by Crippen LogP contribution is -2.40. The number of hydrogen-bond donors (Lipinski definition) is 0. The van der Waals surface area contributed by atoms with Crippen molar-refractivity contribution in [2.75, 3.05) is 26.3 Å². The molecule has 0 saturated carbocycles. The van der Waals surface area contributed by atoms with Crippen molar-refractivity contribution in [1.82, 2.24) is 23.5 Å². The van der Waals surface area contributed by atoms with Crippen molar-refractivity contribution in [2.45, 2.75) is 4.34 Å². The Labute approximate surface area is 122 Å². The maximum absolute atomic E-state index is 12.4. The highest BCUT2D eigenvalue weighted by Gasteiger charge is 2.30. The van der Waals surface area contributed by atoms with Crippen LogP contribution in [0.1, 0.15) is 0 Å². The first-order chi connectivity index (χ1) is 9.91. The second kappa shape index (κ2) is 4.98. The van der Waals surface area contributed by atoms with E-state index in [1.807, 2.05) is 0 Å². The van der Waals surface area contributed by atoms with Crippen molar-refractivity contribution in [3.8, 4) is 0 Å². The number of ether oxygens (including phenoxy) is 1. The fourth-order valence-corrected chi connectivity index (χ4v) is 4.45. The SMILES string of the molecule is Cn1c(=O)nc2sc(S(=O)(=O)N3CCOCC3)nn2c1=O. The lowest BCUT2D eigenvalue weighted by atomic mass is 10.5. The van der Waals surface area contributed by atoms with Gasteiger partial charge in [-0.25, -0.2) is 22.6 Å². The van der Waals surface area contributed by atoms with Gasteiger partial charge in [-0.3, -0.25) is 0 Å². The fraction of sp³-hybridized carbons (Fsp3) is 0.556. The van der Waals surface area contributed by atoms with Crippen molar-refractivity contribution in [3.05, 3.63) is 21.0 Å². The van der Waals surface area contributed by atoms with E-state index in [1.165, 1.54) is 11.4 Å². The molecular formula is C9H11N5O5S2. The minimum absolute atomic E-state index is 0.0464. The van der Waals surface area contributed by atoms with Gasteiger partial charge in [0.05, 0.1) is 13.2 Å². The molecule has 1 aliphatic rings. The van der Waals surface area contributed by atoms with Gasteiger partial charge in [0.1, 0.15) is 0 Å². The molecule has 1 saturated heterocycles. The van der Waals surface area contributed by atoms with Gasteiger partial charge in [-0.15, -0.1) is 5.10 Å². The summed E-state index contributed by atoms with van der Waals surface area (Å²) in [6.07, 6.45) is 0. The summed E-state index contributed by atoms with van der Waals surface area (Å²) in [6, 6.07) is 0. The molecule has 0 bridgehead atoms. The van der Waals surface area contributed by atoms with E-state index < -0.39 is 21.4 Å². The molecule has 21 heavy (non-hydrogen) atoms. The molecule has 10 nitrogen and oxygen atoms in total. The quantitative estimate of drug-likeness (QED) is 0.616. The Hall–Kier alpha value is -1.63. The normalized spacial score (nSPS) is 17.4. The lowest BCUT2D eigenvalue weighted by Gasteiger charge is -2.24. The topological polar surface area (TPSA) is 116 Å². The molecule has 0 unspecified atom stereocenters. The van der Waals surface area contributed by atoms with Crippen molar-refractivity contribution in [3.63, 3.8) is 0 Å². The third-order valence-electron chi connectivity index (χ3n) is 3.02. The van der Waals surface area contributed by atoms with Gasteiger partial charge in [0, 0.05) is 20.1 Å². The van der Waals surface area contributed by atoms with Crippen LogP contribution in [0.3, 0.4) is 0 Å². The Morgan fingerprint density at radius 2 is 1.90 bits per heavy atom. The van der Waals surface area contributed by atoms with Crippen LogP contribution in [0.15, 0.2) is 13.9 Å². The summed E-state index contributed by atoms with van der Waals surface area (Å²) in [7, 11) is -2.57. The Morgan fingerprint density at radius 1 is 1.24 bits per heavy atom. The minimum Gasteiger partial charge on any atom is -0.379 e. The van der Waals surface area contributed by atoms with E-state index in [2.05, 4.69) is 10.1 Å². The fourth-order valence-electron chi connectivity index (χ4n) is 1.84. The third kappa shape index (κ3) is 2.29. The van der Waals surface area contributed by atoms with Crippen LogP contribution in [0.25, 0.3) is 4.96 Å². The molecule has 3 heterocycles. The summed E-state index contributed by atoms with van der Waals surface area (Å²) < 4.78 is 32.5. The van der Waals surface area contributed by atoms with Gasteiger partial charge < -0.3 is 4.74 Å². The number of hydrogen-bond acceptors (Lipinski definition) is 8. The summed E-state index contributed by atoms with van der Waals surface area (Å²) >= 11 is 0.692. The van der Waals surface area contributed by atoms with Crippen LogP contribution >= 0.6 is 11.3 Å². The van der Waals surface area contributed by atoms with E-state index in [0.717, 1.165) is 9.08 Å². The van der Waals surface area contributed by atoms with Gasteiger partial charge >= 0.3 is 11.4 Å². The van der Waals surface area contributed by atoms with Crippen LogP contribution in [-0.2, 0) is 21.8 Å². The molecule has 114 valence electrons. The molecule has 1 aliphatic heterocycles. The molecule has 2 aromatic heterocycles. The van der Waals surface area contributed by atoms with Gasteiger partial charge in [0.15, 0.2) is 0 Å². The van der Waals surface area contributed by atoms with Crippen molar-refractivity contribution in [1.29, 1.82) is 0 Å². The zero-order chi connectivity index (χ0) is 15.2. The van der Waals surface area contributed by atoms with Crippen LogP contribution in [0.5, 0.6) is 0 Å². The number of fused-ring (bicyclic) bond motifs is 1. The first-order valence-corrected chi connectivity index (χ1v) is 8.22. The molecule has 2 aromatic rings. The zero-order valence-electron chi connectivity index (χ0n) is 10.9. The minimum atomic E-state index is -3.82. The number of rotatable bonds is 2. The predicted molar refractivity (Wildman–Crippen MR) is 72.0 cm³/mol. The van der Waals surface area contributed by atoms with Crippen molar-refractivity contribution in [2.24, 2.45) is 7.05 Å². The standard InChI is InChI=1S/C9H11N5O5S2/c1-12-6(15)10-7-14(9(12)16)11-8(20-7)21(17,18)13-2-4-19-5-3-13/h2-5H2,1H3. The summed E-state index contributed by atoms with van der Waals surface area (Å²) in [6.45, 7) is 1.06.